The normalized spacial score (nSPS) is 45.8. The van der Waals surface area contributed by atoms with E-state index >= 15 is 0 Å². The molecule has 2 N–H and O–H groups in total. The van der Waals surface area contributed by atoms with Crippen LogP contribution >= 0.6 is 0 Å². The van der Waals surface area contributed by atoms with Crippen LogP contribution in [0.25, 0.3) is 0 Å². The van der Waals surface area contributed by atoms with E-state index in [0.717, 1.165) is 0 Å². The Labute approximate surface area is 134 Å². The van der Waals surface area contributed by atoms with Crippen LogP contribution in [0.1, 0.15) is 34.1 Å². The van der Waals surface area contributed by atoms with Gasteiger partial charge in [-0.25, -0.2) is 0 Å². The number of nitrogens with zero attached hydrogens (tertiary/aromatic N) is 2. The van der Waals surface area contributed by atoms with Crippen molar-refractivity contribution in [2.75, 3.05) is 26.2 Å². The van der Waals surface area contributed by atoms with Crippen LogP contribution in [0.5, 0.6) is 0 Å². The second-order valence-corrected chi connectivity index (χ2v) is 7.21. The van der Waals surface area contributed by atoms with Gasteiger partial charge in [0.25, 0.3) is 0 Å². The first kappa shape index (κ1) is 16.6. The second kappa shape index (κ2) is 4.66. The Bertz CT molecular complexity index is 536. The van der Waals surface area contributed by atoms with Crippen LogP contribution in [-0.2, 0) is 19.1 Å². The van der Waals surface area contributed by atoms with Crippen molar-refractivity contribution < 1.29 is 29.3 Å². The molecule has 8 heteroatoms. The molecule has 3 fully saturated rings. The van der Waals surface area contributed by atoms with Gasteiger partial charge in [0.05, 0.1) is 26.2 Å². The number of likely N-dealkylation sites (tertiary alicyclic amines) is 2. The lowest BCUT2D eigenvalue weighted by atomic mass is 9.89. The van der Waals surface area contributed by atoms with Gasteiger partial charge < -0.3 is 29.5 Å². The highest BCUT2D eigenvalue weighted by Gasteiger charge is 2.73. The average molecular weight is 328 g/mol. The molecule has 0 aromatic heterocycles. The third kappa shape index (κ3) is 2.12. The van der Waals surface area contributed by atoms with Gasteiger partial charge in [-0.2, -0.15) is 0 Å². The van der Waals surface area contributed by atoms with Gasteiger partial charge in [-0.3, -0.25) is 9.59 Å². The molecular formula is C15H24N2O6. The first-order chi connectivity index (χ1) is 10.5. The van der Waals surface area contributed by atoms with E-state index in [1.807, 2.05) is 0 Å². The summed E-state index contributed by atoms with van der Waals surface area (Å²) in [6.45, 7) is 6.54. The number of hydrogen-bond donors (Lipinski definition) is 2. The molecule has 0 spiro atoms. The maximum absolute atomic E-state index is 12.0. The van der Waals surface area contributed by atoms with Gasteiger partial charge in [0.2, 0.25) is 23.4 Å². The highest BCUT2D eigenvalue weighted by atomic mass is 16.8. The summed E-state index contributed by atoms with van der Waals surface area (Å²) < 4.78 is 11.8. The minimum atomic E-state index is -1.73. The quantitative estimate of drug-likeness (QED) is 0.643. The number of carbonyl (C=O) groups is 2. The molecule has 0 radical (unpaired) electrons. The molecule has 0 aromatic rings. The SMILES string of the molecule is CCC(=O)N1CC2(C)OC3(O)CN(C(C)=O)CC3(C)OC2(O)C1. The van der Waals surface area contributed by atoms with E-state index in [0.29, 0.717) is 6.42 Å². The fourth-order valence-electron chi connectivity index (χ4n) is 3.81. The van der Waals surface area contributed by atoms with Crippen LogP contribution < -0.4 is 0 Å². The Balaban J connectivity index is 1.94. The number of β-amino-alcohol motifs (C(OH)–C–C–N with tert-alkyl or cyclic N) is 2. The highest BCUT2D eigenvalue weighted by molar-refractivity contribution is 5.76. The second-order valence-electron chi connectivity index (χ2n) is 7.21. The third-order valence-corrected chi connectivity index (χ3v) is 5.34. The molecule has 3 aliphatic rings. The Hall–Kier alpha value is -1.22. The Kier molecular flexibility index (Phi) is 3.37. The van der Waals surface area contributed by atoms with E-state index < -0.39 is 22.8 Å². The number of ether oxygens (including phenoxy) is 2. The molecule has 23 heavy (non-hydrogen) atoms. The predicted molar refractivity (Wildman–Crippen MR) is 78.0 cm³/mol. The van der Waals surface area contributed by atoms with Crippen molar-refractivity contribution in [3.8, 4) is 0 Å². The van der Waals surface area contributed by atoms with Gasteiger partial charge in [0.1, 0.15) is 11.2 Å². The first-order valence-electron chi connectivity index (χ1n) is 7.86. The summed E-state index contributed by atoms with van der Waals surface area (Å²) in [5.74, 6) is -3.78. The van der Waals surface area contributed by atoms with E-state index in [-0.39, 0.29) is 38.0 Å². The standard InChI is InChI=1S/C15H24N2O6/c1-5-11(19)17-7-13(4)15(21,9-17)22-12(3)6-16(10(2)18)8-14(12,20)23-13/h20-21H,5-9H2,1-4H3. The van der Waals surface area contributed by atoms with E-state index in [2.05, 4.69) is 0 Å². The Morgan fingerprint density at radius 1 is 0.957 bits per heavy atom. The Morgan fingerprint density at radius 2 is 1.39 bits per heavy atom. The fourth-order valence-corrected chi connectivity index (χ4v) is 3.81. The maximum atomic E-state index is 12.0. The number of fused-ring (bicyclic) bond motifs is 2. The zero-order chi connectivity index (χ0) is 17.3. The van der Waals surface area contributed by atoms with Crippen molar-refractivity contribution in [1.29, 1.82) is 0 Å². The summed E-state index contributed by atoms with van der Waals surface area (Å²) in [6, 6.07) is 0. The minimum Gasteiger partial charge on any atom is -0.362 e. The predicted octanol–water partition coefficient (Wildman–Crippen LogP) is -0.958. The summed E-state index contributed by atoms with van der Waals surface area (Å²) in [6.07, 6.45) is 0.311. The zero-order valence-electron chi connectivity index (χ0n) is 14.0. The number of amides is 2. The minimum absolute atomic E-state index is 0.0259. The fraction of sp³-hybridized carbons (Fsp3) is 0.867. The van der Waals surface area contributed by atoms with Gasteiger partial charge >= 0.3 is 0 Å². The van der Waals surface area contributed by atoms with Crippen LogP contribution in [0.4, 0.5) is 0 Å². The van der Waals surface area contributed by atoms with Crippen LogP contribution in [0.15, 0.2) is 0 Å². The van der Waals surface area contributed by atoms with Crippen LogP contribution in [0, 0.1) is 0 Å². The number of rotatable bonds is 1. The summed E-state index contributed by atoms with van der Waals surface area (Å²) in [5.41, 5.74) is -2.53. The molecule has 2 amide bonds. The molecule has 3 rings (SSSR count). The van der Waals surface area contributed by atoms with E-state index in [4.69, 9.17) is 9.47 Å². The van der Waals surface area contributed by atoms with Gasteiger partial charge in [0, 0.05) is 13.3 Å². The van der Waals surface area contributed by atoms with E-state index in [1.165, 1.54) is 16.7 Å². The van der Waals surface area contributed by atoms with Crippen molar-refractivity contribution in [3.63, 3.8) is 0 Å². The summed E-state index contributed by atoms with van der Waals surface area (Å²) in [5, 5.41) is 21.9. The van der Waals surface area contributed by atoms with Crippen molar-refractivity contribution in [2.24, 2.45) is 0 Å². The van der Waals surface area contributed by atoms with Crippen LogP contribution in [-0.4, -0.2) is 80.8 Å². The molecule has 3 aliphatic heterocycles. The van der Waals surface area contributed by atoms with Crippen molar-refractivity contribution in [1.82, 2.24) is 9.80 Å². The van der Waals surface area contributed by atoms with Crippen molar-refractivity contribution >= 4 is 11.8 Å². The largest absolute Gasteiger partial charge is 0.362 e. The molecular weight excluding hydrogens is 304 g/mol. The summed E-state index contributed by atoms with van der Waals surface area (Å²) in [4.78, 5) is 26.5. The molecule has 0 bridgehead atoms. The summed E-state index contributed by atoms with van der Waals surface area (Å²) >= 11 is 0. The molecule has 3 saturated heterocycles. The van der Waals surface area contributed by atoms with Gasteiger partial charge in [-0.1, -0.05) is 6.92 Å². The van der Waals surface area contributed by atoms with Crippen molar-refractivity contribution in [2.45, 2.75) is 56.9 Å². The van der Waals surface area contributed by atoms with Crippen LogP contribution in [0.3, 0.4) is 0 Å². The first-order valence-corrected chi connectivity index (χ1v) is 7.86. The van der Waals surface area contributed by atoms with Gasteiger partial charge in [-0.15, -0.1) is 0 Å². The molecule has 4 atom stereocenters. The smallest absolute Gasteiger partial charge is 0.222 e. The highest BCUT2D eigenvalue weighted by Crippen LogP contribution is 2.52. The maximum Gasteiger partial charge on any atom is 0.222 e. The molecule has 0 aliphatic carbocycles. The topological polar surface area (TPSA) is 99.5 Å². The Morgan fingerprint density at radius 3 is 1.83 bits per heavy atom. The molecule has 130 valence electrons. The average Bonchev–Trinajstić information content (AvgIpc) is 2.82. The lowest BCUT2D eigenvalue weighted by molar-refractivity contribution is -0.454. The van der Waals surface area contributed by atoms with Crippen LogP contribution in [0.2, 0.25) is 0 Å². The number of aliphatic hydroxyl groups is 2. The monoisotopic (exact) mass is 328 g/mol. The lowest BCUT2D eigenvalue weighted by Gasteiger charge is -2.54. The third-order valence-electron chi connectivity index (χ3n) is 5.34. The van der Waals surface area contributed by atoms with E-state index in [9.17, 15) is 19.8 Å². The molecule has 3 heterocycles. The number of hydrogen-bond acceptors (Lipinski definition) is 6. The molecule has 0 aromatic carbocycles. The summed E-state index contributed by atoms with van der Waals surface area (Å²) in [7, 11) is 0. The van der Waals surface area contributed by atoms with Crippen molar-refractivity contribution in [3.05, 3.63) is 0 Å². The molecule has 8 nitrogen and oxygen atoms in total. The lowest BCUT2D eigenvalue weighted by Crippen LogP contribution is -2.73. The molecule has 4 unspecified atom stereocenters. The van der Waals surface area contributed by atoms with E-state index in [1.54, 1.807) is 20.8 Å². The van der Waals surface area contributed by atoms with Gasteiger partial charge in [-0.05, 0) is 13.8 Å². The number of carbonyl (C=O) groups excluding carboxylic acids is 2. The zero-order valence-corrected chi connectivity index (χ0v) is 14.0. The van der Waals surface area contributed by atoms with Gasteiger partial charge in [0.15, 0.2) is 0 Å². The molecule has 0 saturated carbocycles.